The highest BCUT2D eigenvalue weighted by molar-refractivity contribution is 7.47. The molecule has 96 heavy (non-hydrogen) atoms. The van der Waals surface area contributed by atoms with E-state index in [1.54, 1.807) is 0 Å². The van der Waals surface area contributed by atoms with Crippen LogP contribution in [0.25, 0.3) is 0 Å². The van der Waals surface area contributed by atoms with Gasteiger partial charge in [-0.2, -0.15) is 0 Å². The molecule has 0 fully saturated rings. The van der Waals surface area contributed by atoms with Crippen LogP contribution in [0, 0.1) is 0 Å². The zero-order valence-electron chi connectivity index (χ0n) is 60.8. The van der Waals surface area contributed by atoms with Crippen LogP contribution in [0.5, 0.6) is 0 Å². The van der Waals surface area contributed by atoms with Crippen LogP contribution in [0.4, 0.5) is 0 Å². The molecular weight excluding hydrogens is 1260 g/mol. The molecule has 0 rings (SSSR count). The van der Waals surface area contributed by atoms with Crippen molar-refractivity contribution >= 4 is 39.5 Å². The normalized spacial score (nSPS) is 14.4. The highest BCUT2D eigenvalue weighted by atomic mass is 31.2. The Kier molecular flexibility index (Phi) is 67.4. The van der Waals surface area contributed by atoms with Crippen molar-refractivity contribution in [1.29, 1.82) is 0 Å². The fourth-order valence-electron chi connectivity index (χ4n) is 10.2. The lowest BCUT2D eigenvalue weighted by atomic mass is 10.1. The minimum Gasteiger partial charge on any atom is -0.462 e. The summed E-state index contributed by atoms with van der Waals surface area (Å²) in [5.41, 5.74) is 0. The number of aliphatic hydroxyl groups is 1. The molecule has 5 atom stereocenters. The van der Waals surface area contributed by atoms with Crippen molar-refractivity contribution in [2.24, 2.45) is 0 Å². The predicted molar refractivity (Wildman–Crippen MR) is 390 cm³/mol. The Hall–Kier alpha value is -3.50. The molecule has 0 saturated carbocycles. The number of phosphoric acid groups is 2. The number of rotatable bonds is 72. The Bertz CT molecular complexity index is 2110. The lowest BCUT2D eigenvalue weighted by molar-refractivity contribution is -0.161. The summed E-state index contributed by atoms with van der Waals surface area (Å²) >= 11 is 0. The number of carbonyl (C=O) groups is 4. The van der Waals surface area contributed by atoms with Crippen molar-refractivity contribution in [3.63, 3.8) is 0 Å². The molecule has 0 amide bonds. The molecular formula is C77H138O17P2. The Morgan fingerprint density at radius 3 is 0.865 bits per heavy atom. The molecule has 0 aromatic heterocycles. The summed E-state index contributed by atoms with van der Waals surface area (Å²) in [6.45, 7) is 4.78. The summed E-state index contributed by atoms with van der Waals surface area (Å²) in [7, 11) is -9.95. The molecule has 0 aliphatic carbocycles. The van der Waals surface area contributed by atoms with E-state index in [2.05, 4.69) is 101 Å². The van der Waals surface area contributed by atoms with E-state index in [4.69, 9.17) is 37.0 Å². The van der Waals surface area contributed by atoms with E-state index in [0.29, 0.717) is 25.7 Å². The van der Waals surface area contributed by atoms with Crippen molar-refractivity contribution in [1.82, 2.24) is 0 Å². The number of allylic oxidation sites excluding steroid dienone is 12. The largest absolute Gasteiger partial charge is 0.472 e. The third-order valence-corrected chi connectivity index (χ3v) is 18.0. The zero-order valence-corrected chi connectivity index (χ0v) is 62.6. The monoisotopic (exact) mass is 1400 g/mol. The van der Waals surface area contributed by atoms with Crippen LogP contribution in [0.2, 0.25) is 0 Å². The van der Waals surface area contributed by atoms with Gasteiger partial charge in [0.1, 0.15) is 19.3 Å². The van der Waals surface area contributed by atoms with E-state index < -0.39 is 97.5 Å². The lowest BCUT2D eigenvalue weighted by Gasteiger charge is -2.21. The number of ether oxygens (including phenoxy) is 4. The minimum absolute atomic E-state index is 0.0780. The SMILES string of the molecule is CCCCC/C=C\C/C=C\CCCCCCCC(=O)OC[C@H](COP(=O)(O)OC[C@@H](O)COP(=O)(O)OC[C@@H](COC(=O)CCCCCCC/C=C\CCCCCC)OC(=O)CCCCCCC/C=C\C=C/CCCCCC)OC(=O)CCCCCCC/C=C\CCCCCC. The fourth-order valence-corrected chi connectivity index (χ4v) is 11.8. The molecule has 0 heterocycles. The van der Waals surface area contributed by atoms with E-state index in [9.17, 15) is 43.2 Å². The van der Waals surface area contributed by atoms with Crippen molar-refractivity contribution in [3.05, 3.63) is 72.9 Å². The second-order valence-electron chi connectivity index (χ2n) is 25.6. The highest BCUT2D eigenvalue weighted by Gasteiger charge is 2.30. The quantitative estimate of drug-likeness (QED) is 0.0128. The molecule has 0 saturated heterocycles. The van der Waals surface area contributed by atoms with Crippen LogP contribution in [0.1, 0.15) is 336 Å². The average molecular weight is 1400 g/mol. The number of phosphoric ester groups is 2. The van der Waals surface area contributed by atoms with E-state index in [0.717, 1.165) is 161 Å². The Labute approximate surface area is 583 Å². The zero-order chi connectivity index (χ0) is 70.4. The topological polar surface area (TPSA) is 237 Å². The molecule has 558 valence electrons. The number of unbranched alkanes of at least 4 members (excludes halogenated alkanes) is 35. The summed E-state index contributed by atoms with van der Waals surface area (Å²) in [4.78, 5) is 72.8. The van der Waals surface area contributed by atoms with Crippen molar-refractivity contribution in [2.75, 3.05) is 39.6 Å². The molecule has 17 nitrogen and oxygen atoms in total. The minimum atomic E-state index is -4.97. The standard InChI is InChI=1S/C77H138O17P2/c1-5-9-13-17-21-25-29-33-35-39-42-46-50-54-58-62-75(80)88-68-72(93-76(81)63-59-55-51-47-43-38-32-28-24-20-16-12-8-4)69-91-95(83,84)89-65-71(78)66-90-96(85,86)92-70-73(67-87-74(79)61-57-53-49-45-41-37-31-27-23-19-15-11-7-3)94-77(82)64-60-56-52-48-44-40-36-34-30-26-22-18-14-10-6-2/h21,25-28,30-36,71-73,78H,5-20,22-24,29,37-70H2,1-4H3,(H,83,84)(H,85,86)/b25-21-,30-26-,31-27-,32-28-,35-33-,36-34-/t71-,72-,73-/m1/s1. The number of aliphatic hydroxyl groups excluding tert-OH is 1. The molecule has 0 bridgehead atoms. The van der Waals surface area contributed by atoms with Crippen LogP contribution < -0.4 is 0 Å². The predicted octanol–water partition coefficient (Wildman–Crippen LogP) is 21.7. The Morgan fingerprint density at radius 1 is 0.302 bits per heavy atom. The molecule has 0 aliphatic heterocycles. The summed E-state index contributed by atoms with van der Waals surface area (Å²) in [6.07, 6.45) is 68.9. The van der Waals surface area contributed by atoms with Crippen LogP contribution in [0.3, 0.4) is 0 Å². The first kappa shape index (κ1) is 92.5. The van der Waals surface area contributed by atoms with Gasteiger partial charge in [0.15, 0.2) is 12.2 Å². The lowest BCUT2D eigenvalue weighted by Crippen LogP contribution is -2.30. The number of carbonyl (C=O) groups excluding carboxylic acids is 4. The van der Waals surface area contributed by atoms with Crippen LogP contribution >= 0.6 is 15.6 Å². The molecule has 0 aromatic carbocycles. The first-order chi connectivity index (χ1) is 46.7. The van der Waals surface area contributed by atoms with Gasteiger partial charge < -0.3 is 33.8 Å². The van der Waals surface area contributed by atoms with Gasteiger partial charge in [0, 0.05) is 25.7 Å². The number of hydrogen-bond donors (Lipinski definition) is 3. The van der Waals surface area contributed by atoms with Crippen molar-refractivity contribution in [3.8, 4) is 0 Å². The smallest absolute Gasteiger partial charge is 0.462 e. The third kappa shape index (κ3) is 69.0. The van der Waals surface area contributed by atoms with Gasteiger partial charge in [0.25, 0.3) is 0 Å². The van der Waals surface area contributed by atoms with Gasteiger partial charge in [-0.15, -0.1) is 0 Å². The maximum Gasteiger partial charge on any atom is 0.472 e. The van der Waals surface area contributed by atoms with Gasteiger partial charge in [-0.25, -0.2) is 9.13 Å². The molecule has 0 aromatic rings. The second kappa shape index (κ2) is 70.0. The summed E-state index contributed by atoms with van der Waals surface area (Å²) < 4.78 is 68.4. The van der Waals surface area contributed by atoms with Crippen LogP contribution in [-0.4, -0.2) is 96.7 Å². The van der Waals surface area contributed by atoms with Crippen molar-refractivity contribution in [2.45, 2.75) is 354 Å². The van der Waals surface area contributed by atoms with E-state index in [1.807, 2.05) is 0 Å². The van der Waals surface area contributed by atoms with Gasteiger partial charge in [-0.3, -0.25) is 37.3 Å². The number of esters is 4. The average Bonchev–Trinajstić information content (AvgIpc) is 1.17. The van der Waals surface area contributed by atoms with Gasteiger partial charge >= 0.3 is 39.5 Å². The molecule has 19 heteroatoms. The summed E-state index contributed by atoms with van der Waals surface area (Å²) in [5, 5.41) is 10.6. The van der Waals surface area contributed by atoms with Crippen molar-refractivity contribution < 1.29 is 80.2 Å². The van der Waals surface area contributed by atoms with Crippen LogP contribution in [-0.2, 0) is 65.4 Å². The fraction of sp³-hybridized carbons (Fsp3) is 0.792. The Morgan fingerprint density at radius 2 is 0.542 bits per heavy atom. The molecule has 0 radical (unpaired) electrons. The summed E-state index contributed by atoms with van der Waals surface area (Å²) in [6, 6.07) is 0. The second-order valence-corrected chi connectivity index (χ2v) is 28.5. The molecule has 0 aliphatic rings. The first-order valence-corrected chi connectivity index (χ1v) is 41.2. The van der Waals surface area contributed by atoms with Gasteiger partial charge in [-0.1, -0.05) is 248 Å². The maximum atomic E-state index is 13.1. The maximum absolute atomic E-state index is 13.1. The molecule has 0 spiro atoms. The van der Waals surface area contributed by atoms with E-state index >= 15 is 0 Å². The highest BCUT2D eigenvalue weighted by Crippen LogP contribution is 2.45. The molecule has 3 N–H and O–H groups in total. The van der Waals surface area contributed by atoms with Crippen LogP contribution in [0.15, 0.2) is 72.9 Å². The number of hydrogen-bond acceptors (Lipinski definition) is 15. The van der Waals surface area contributed by atoms with E-state index in [-0.39, 0.29) is 25.7 Å². The molecule has 2 unspecified atom stereocenters. The van der Waals surface area contributed by atoms with Gasteiger partial charge in [0.05, 0.1) is 26.4 Å². The Balaban J connectivity index is 5.36. The third-order valence-electron chi connectivity index (χ3n) is 16.1. The summed E-state index contributed by atoms with van der Waals surface area (Å²) in [5.74, 6) is -2.21. The van der Waals surface area contributed by atoms with Gasteiger partial charge in [-0.05, 0) is 135 Å². The van der Waals surface area contributed by atoms with Gasteiger partial charge in [0.2, 0.25) is 0 Å². The van der Waals surface area contributed by atoms with E-state index in [1.165, 1.54) is 96.3 Å². The first-order valence-electron chi connectivity index (χ1n) is 38.2.